The molecule has 4 rings (SSSR count). The molecule has 2 aromatic carbocycles. The van der Waals surface area contributed by atoms with Crippen LogP contribution in [0.1, 0.15) is 27.9 Å². The molecule has 0 spiro atoms. The molecule has 0 unspecified atom stereocenters. The Morgan fingerprint density at radius 1 is 1.22 bits per heavy atom. The van der Waals surface area contributed by atoms with Gasteiger partial charge in [0.05, 0.1) is 13.0 Å². The molecule has 0 bridgehead atoms. The number of carbonyl (C=O) groups excluding carboxylic acids is 1. The number of hydrogen-bond donors (Lipinski definition) is 2. The molecular weight excluding hydrogens is 300 g/mol. The number of ether oxygens (including phenoxy) is 1. The highest BCUT2D eigenvalue weighted by molar-refractivity contribution is 6.04. The monoisotopic (exact) mass is 314 g/mol. The Morgan fingerprint density at radius 2 is 2.00 bits per heavy atom. The van der Waals surface area contributed by atoms with E-state index < -0.39 is 5.60 Å². The largest absolute Gasteiger partial charge is 0.504 e. The zero-order valence-electron chi connectivity index (χ0n) is 12.1. The van der Waals surface area contributed by atoms with E-state index in [-0.39, 0.29) is 48.2 Å². The summed E-state index contributed by atoms with van der Waals surface area (Å²) in [6.07, 6.45) is -0.0757. The van der Waals surface area contributed by atoms with E-state index in [9.17, 15) is 15.0 Å². The summed E-state index contributed by atoms with van der Waals surface area (Å²) in [6, 6.07) is 10.7. The fraction of sp³-hybridized carbons (Fsp3) is 0.235. The number of benzene rings is 2. The number of ketones is 1. The van der Waals surface area contributed by atoms with Gasteiger partial charge in [-0.3, -0.25) is 4.79 Å². The fourth-order valence-corrected chi connectivity index (χ4v) is 3.06. The number of phenolic OH excluding ortho intramolecular Hbond substituents is 1. The van der Waals surface area contributed by atoms with E-state index in [1.54, 1.807) is 18.2 Å². The molecular formula is C17H14O6. The van der Waals surface area contributed by atoms with Crippen LogP contribution in [0.15, 0.2) is 36.4 Å². The van der Waals surface area contributed by atoms with Gasteiger partial charge < -0.3 is 19.8 Å². The van der Waals surface area contributed by atoms with Crippen molar-refractivity contribution in [2.24, 2.45) is 0 Å². The smallest absolute Gasteiger partial charge is 0.213 e. The van der Waals surface area contributed by atoms with Gasteiger partial charge in [0, 0.05) is 5.56 Å². The molecule has 0 amide bonds. The van der Waals surface area contributed by atoms with E-state index in [0.29, 0.717) is 11.1 Å². The van der Waals surface area contributed by atoms with Crippen LogP contribution in [0.4, 0.5) is 0 Å². The molecule has 118 valence electrons. The van der Waals surface area contributed by atoms with Gasteiger partial charge in [-0.15, -0.1) is 0 Å². The summed E-state index contributed by atoms with van der Waals surface area (Å²) in [7, 11) is 0. The van der Waals surface area contributed by atoms with Crippen LogP contribution >= 0.6 is 0 Å². The van der Waals surface area contributed by atoms with Crippen LogP contribution in [0.5, 0.6) is 17.2 Å². The first-order valence-corrected chi connectivity index (χ1v) is 7.21. The Labute approximate surface area is 131 Å². The third kappa shape index (κ3) is 1.99. The molecule has 2 heterocycles. The number of carbonyl (C=O) groups is 1. The van der Waals surface area contributed by atoms with E-state index >= 15 is 0 Å². The van der Waals surface area contributed by atoms with E-state index in [1.807, 2.05) is 18.2 Å². The Bertz CT molecular complexity index is 785. The summed E-state index contributed by atoms with van der Waals surface area (Å²) >= 11 is 0. The second-order valence-electron chi connectivity index (χ2n) is 5.65. The van der Waals surface area contributed by atoms with Crippen LogP contribution in [-0.4, -0.2) is 22.6 Å². The quantitative estimate of drug-likeness (QED) is 0.826. The highest BCUT2D eigenvalue weighted by Gasteiger charge is 2.44. The highest BCUT2D eigenvalue weighted by Crippen LogP contribution is 2.49. The predicted molar refractivity (Wildman–Crippen MR) is 78.3 cm³/mol. The first kappa shape index (κ1) is 14.0. The van der Waals surface area contributed by atoms with Gasteiger partial charge in [-0.1, -0.05) is 30.3 Å². The number of phenols is 1. The van der Waals surface area contributed by atoms with Gasteiger partial charge in [0.25, 0.3) is 0 Å². The van der Waals surface area contributed by atoms with Crippen LogP contribution in [-0.2, 0) is 17.1 Å². The van der Waals surface area contributed by atoms with Gasteiger partial charge in [-0.05, 0) is 11.6 Å². The van der Waals surface area contributed by atoms with Crippen molar-refractivity contribution in [1.29, 1.82) is 0 Å². The standard InChI is InChI=1S/C17H14O6/c18-9-17(11-4-2-1-3-5-11)7-12(19)14-13(22-17)6-10-8-21-23-16(10)15(14)20/h1-6,18,20H,7-9H2/t17-/m0/s1. The van der Waals surface area contributed by atoms with E-state index in [0.717, 1.165) is 0 Å². The second kappa shape index (κ2) is 4.97. The summed E-state index contributed by atoms with van der Waals surface area (Å²) in [6.45, 7) is -0.196. The van der Waals surface area contributed by atoms with Gasteiger partial charge in [0.15, 0.2) is 17.1 Å². The van der Waals surface area contributed by atoms with Gasteiger partial charge in [-0.2, -0.15) is 4.89 Å². The van der Waals surface area contributed by atoms with Crippen molar-refractivity contribution in [2.75, 3.05) is 6.61 Å². The van der Waals surface area contributed by atoms with Crippen molar-refractivity contribution in [3.8, 4) is 17.2 Å². The summed E-state index contributed by atoms with van der Waals surface area (Å²) in [4.78, 5) is 22.3. The lowest BCUT2D eigenvalue weighted by Gasteiger charge is -2.37. The SMILES string of the molecule is O=C1C[C@](CO)(c2ccccc2)Oc2cc3c(c(O)c21)OOC3. The maximum atomic E-state index is 12.6. The van der Waals surface area contributed by atoms with Gasteiger partial charge >= 0.3 is 0 Å². The Morgan fingerprint density at radius 3 is 2.74 bits per heavy atom. The zero-order valence-corrected chi connectivity index (χ0v) is 12.1. The average Bonchev–Trinajstić information content (AvgIpc) is 3.04. The highest BCUT2D eigenvalue weighted by atomic mass is 17.2. The lowest BCUT2D eigenvalue weighted by Crippen LogP contribution is -2.42. The van der Waals surface area contributed by atoms with Crippen molar-refractivity contribution in [1.82, 2.24) is 0 Å². The lowest BCUT2D eigenvalue weighted by atomic mass is 9.84. The molecule has 6 heteroatoms. The van der Waals surface area contributed by atoms with Gasteiger partial charge in [-0.25, -0.2) is 0 Å². The average molecular weight is 314 g/mol. The zero-order chi connectivity index (χ0) is 16.0. The topological polar surface area (TPSA) is 85.2 Å². The molecule has 0 radical (unpaired) electrons. The predicted octanol–water partition coefficient (Wildman–Crippen LogP) is 2.07. The minimum Gasteiger partial charge on any atom is -0.504 e. The molecule has 2 N–H and O–H groups in total. The van der Waals surface area contributed by atoms with Gasteiger partial charge in [0.1, 0.15) is 17.9 Å². The summed E-state index contributed by atoms with van der Waals surface area (Å²) < 4.78 is 5.99. The molecule has 2 aliphatic heterocycles. The lowest BCUT2D eigenvalue weighted by molar-refractivity contribution is -0.195. The minimum absolute atomic E-state index is 0.0641. The summed E-state index contributed by atoms with van der Waals surface area (Å²) in [5, 5.41) is 20.2. The van der Waals surface area contributed by atoms with E-state index in [2.05, 4.69) is 0 Å². The summed E-state index contributed by atoms with van der Waals surface area (Å²) in [5.74, 6) is -0.221. The first-order valence-electron chi connectivity index (χ1n) is 7.21. The molecule has 0 aromatic heterocycles. The van der Waals surface area contributed by atoms with Crippen LogP contribution in [0, 0.1) is 0 Å². The number of aliphatic hydroxyl groups excluding tert-OH is 1. The van der Waals surface area contributed by atoms with Gasteiger partial charge in [0.2, 0.25) is 5.75 Å². The Kier molecular flexibility index (Phi) is 3.04. The minimum atomic E-state index is -1.16. The van der Waals surface area contributed by atoms with Crippen LogP contribution in [0.2, 0.25) is 0 Å². The molecule has 23 heavy (non-hydrogen) atoms. The summed E-state index contributed by atoms with van der Waals surface area (Å²) in [5.41, 5.74) is 0.200. The van der Waals surface area contributed by atoms with Crippen LogP contribution < -0.4 is 9.62 Å². The molecule has 1 atom stereocenters. The third-order valence-corrected chi connectivity index (χ3v) is 4.24. The molecule has 0 saturated carbocycles. The third-order valence-electron chi connectivity index (χ3n) is 4.24. The number of fused-ring (bicyclic) bond motifs is 2. The van der Waals surface area contributed by atoms with E-state index in [4.69, 9.17) is 14.5 Å². The van der Waals surface area contributed by atoms with Crippen molar-refractivity contribution in [3.63, 3.8) is 0 Å². The normalized spacial score (nSPS) is 22.0. The number of aliphatic hydroxyl groups is 1. The molecule has 0 aliphatic carbocycles. The molecule has 0 saturated heterocycles. The van der Waals surface area contributed by atoms with Crippen LogP contribution in [0.3, 0.4) is 0 Å². The van der Waals surface area contributed by atoms with Crippen molar-refractivity contribution >= 4 is 5.78 Å². The molecule has 2 aromatic rings. The Balaban J connectivity index is 1.86. The molecule has 0 fully saturated rings. The van der Waals surface area contributed by atoms with Crippen molar-refractivity contribution in [3.05, 3.63) is 53.1 Å². The number of hydrogen-bond acceptors (Lipinski definition) is 6. The maximum Gasteiger partial charge on any atom is 0.213 e. The maximum absolute atomic E-state index is 12.6. The van der Waals surface area contributed by atoms with Crippen molar-refractivity contribution < 1.29 is 29.5 Å². The molecule has 6 nitrogen and oxygen atoms in total. The van der Waals surface area contributed by atoms with E-state index in [1.165, 1.54) is 0 Å². The number of Topliss-reactive ketones (excluding diaryl/α,β-unsaturated/α-hetero) is 1. The Hall–Kier alpha value is -2.57. The van der Waals surface area contributed by atoms with Crippen LogP contribution in [0.25, 0.3) is 0 Å². The second-order valence-corrected chi connectivity index (χ2v) is 5.65. The van der Waals surface area contributed by atoms with Crippen molar-refractivity contribution in [2.45, 2.75) is 18.6 Å². The molecule has 2 aliphatic rings. The number of rotatable bonds is 2. The fourth-order valence-electron chi connectivity index (χ4n) is 3.06. The number of aromatic hydroxyl groups is 1. The first-order chi connectivity index (χ1) is 11.1.